The number of aryl methyl sites for hydroxylation is 1. The Morgan fingerprint density at radius 3 is 2.61 bits per heavy atom. The number of Topliss-reactive ketones (excluding diaryl/α,β-unsaturated/α-hetero) is 1. The van der Waals surface area contributed by atoms with E-state index in [1.54, 1.807) is 12.1 Å². The van der Waals surface area contributed by atoms with Gasteiger partial charge in [0, 0.05) is 23.9 Å². The molecule has 0 radical (unpaired) electrons. The van der Waals surface area contributed by atoms with E-state index in [0.717, 1.165) is 19.2 Å². The lowest BCUT2D eigenvalue weighted by Gasteiger charge is -2.16. The van der Waals surface area contributed by atoms with Crippen LogP contribution >= 0.6 is 23.2 Å². The molecule has 1 amide bonds. The van der Waals surface area contributed by atoms with Gasteiger partial charge in [0.25, 0.3) is 16.0 Å². The summed E-state index contributed by atoms with van der Waals surface area (Å²) < 4.78 is 27.7. The Kier molecular flexibility index (Phi) is 7.05. The van der Waals surface area contributed by atoms with Crippen molar-refractivity contribution in [3.8, 4) is 0 Å². The zero-order valence-electron chi connectivity index (χ0n) is 14.8. The molecule has 2 heterocycles. The van der Waals surface area contributed by atoms with Gasteiger partial charge in [-0.05, 0) is 25.0 Å². The summed E-state index contributed by atoms with van der Waals surface area (Å²) in [5, 5.41) is 6.95. The molecule has 0 unspecified atom stereocenters. The van der Waals surface area contributed by atoms with E-state index < -0.39 is 10.1 Å². The first-order valence-electron chi connectivity index (χ1n) is 8.04. The molecule has 3 rings (SSSR count). The topological polar surface area (TPSA) is 144 Å². The highest BCUT2D eigenvalue weighted by Crippen LogP contribution is 2.37. The van der Waals surface area contributed by atoms with E-state index in [9.17, 15) is 18.0 Å². The van der Waals surface area contributed by atoms with Crippen LogP contribution in [0.5, 0.6) is 0 Å². The SMILES string of the molecule is CS(=O)(=O)O.NN=CNC(=O)c1cc2c(Cl)c(Cl)cc3c2n1CCCCC3=O. The van der Waals surface area contributed by atoms with Gasteiger partial charge in [-0.15, -0.1) is 0 Å². The van der Waals surface area contributed by atoms with E-state index >= 15 is 0 Å². The van der Waals surface area contributed by atoms with Crippen molar-refractivity contribution in [3.05, 3.63) is 33.4 Å². The van der Waals surface area contributed by atoms with Crippen LogP contribution < -0.4 is 11.2 Å². The average molecular weight is 449 g/mol. The average Bonchev–Trinajstić information content (AvgIpc) is 2.96. The number of amides is 1. The zero-order valence-corrected chi connectivity index (χ0v) is 17.1. The lowest BCUT2D eigenvalue weighted by Crippen LogP contribution is -2.25. The Bertz CT molecular complexity index is 1050. The molecule has 1 aliphatic rings. The van der Waals surface area contributed by atoms with Gasteiger partial charge in [0.1, 0.15) is 12.0 Å². The monoisotopic (exact) mass is 448 g/mol. The lowest BCUT2D eigenvalue weighted by molar-refractivity contribution is 0.0958. The number of carbonyl (C=O) groups excluding carboxylic acids is 2. The molecule has 4 N–H and O–H groups in total. The Hall–Kier alpha value is -2.14. The lowest BCUT2D eigenvalue weighted by atomic mass is 10.0. The van der Waals surface area contributed by atoms with E-state index in [0.29, 0.717) is 51.4 Å². The molecule has 9 nitrogen and oxygen atoms in total. The van der Waals surface area contributed by atoms with Crippen molar-refractivity contribution >= 4 is 62.3 Å². The van der Waals surface area contributed by atoms with Gasteiger partial charge in [-0.25, -0.2) is 0 Å². The molecule has 28 heavy (non-hydrogen) atoms. The number of carbonyl (C=O) groups is 2. The van der Waals surface area contributed by atoms with E-state index in [2.05, 4.69) is 10.4 Å². The van der Waals surface area contributed by atoms with Crippen LogP contribution in [0.2, 0.25) is 10.0 Å². The molecule has 12 heteroatoms. The molecule has 0 aliphatic carbocycles. The van der Waals surface area contributed by atoms with Crippen molar-refractivity contribution < 1.29 is 22.6 Å². The number of hydrogen-bond acceptors (Lipinski definition) is 6. The fraction of sp³-hybridized carbons (Fsp3) is 0.312. The molecule has 0 saturated heterocycles. The number of nitrogens with one attached hydrogen (secondary N) is 1. The molecule has 0 atom stereocenters. The van der Waals surface area contributed by atoms with Crippen LogP contribution in [0.25, 0.3) is 10.9 Å². The van der Waals surface area contributed by atoms with Gasteiger partial charge >= 0.3 is 0 Å². The van der Waals surface area contributed by atoms with E-state index in [4.69, 9.17) is 33.6 Å². The van der Waals surface area contributed by atoms with Crippen LogP contribution in [0.1, 0.15) is 40.1 Å². The summed E-state index contributed by atoms with van der Waals surface area (Å²) in [4.78, 5) is 24.7. The van der Waals surface area contributed by atoms with Gasteiger partial charge in [0.15, 0.2) is 5.78 Å². The summed E-state index contributed by atoms with van der Waals surface area (Å²) in [5.41, 5.74) is 1.54. The number of ketones is 1. The number of halogens is 2. The van der Waals surface area contributed by atoms with Crippen LogP contribution in [0.3, 0.4) is 0 Å². The molecule has 2 aromatic rings. The number of nitrogens with zero attached hydrogens (tertiary/aromatic N) is 2. The molecule has 1 aromatic heterocycles. The summed E-state index contributed by atoms with van der Waals surface area (Å²) in [6, 6.07) is 3.23. The maximum atomic E-state index is 12.4. The first kappa shape index (κ1) is 22.2. The fourth-order valence-electron chi connectivity index (χ4n) is 2.89. The maximum Gasteiger partial charge on any atom is 0.273 e. The van der Waals surface area contributed by atoms with Crippen molar-refractivity contribution in [1.82, 2.24) is 9.88 Å². The van der Waals surface area contributed by atoms with Crippen molar-refractivity contribution in [1.29, 1.82) is 0 Å². The van der Waals surface area contributed by atoms with Crippen molar-refractivity contribution in [3.63, 3.8) is 0 Å². The van der Waals surface area contributed by atoms with Gasteiger partial charge in [0.2, 0.25) is 0 Å². The van der Waals surface area contributed by atoms with Gasteiger partial charge in [0.05, 0.1) is 21.8 Å². The summed E-state index contributed by atoms with van der Waals surface area (Å²) in [6.45, 7) is 0.615. The van der Waals surface area contributed by atoms with Crippen LogP contribution in [0, 0.1) is 0 Å². The maximum absolute atomic E-state index is 12.4. The minimum Gasteiger partial charge on any atom is -0.336 e. The number of benzene rings is 1. The van der Waals surface area contributed by atoms with E-state index in [1.807, 2.05) is 4.57 Å². The Morgan fingerprint density at radius 2 is 2.00 bits per heavy atom. The molecule has 0 saturated carbocycles. The van der Waals surface area contributed by atoms with Crippen LogP contribution in [0.15, 0.2) is 17.2 Å². The van der Waals surface area contributed by atoms with Crippen molar-refractivity contribution in [2.45, 2.75) is 25.8 Å². The molecule has 0 spiro atoms. The summed E-state index contributed by atoms with van der Waals surface area (Å²) in [5.74, 6) is 4.64. The molecule has 152 valence electrons. The predicted molar refractivity (Wildman–Crippen MR) is 108 cm³/mol. The molecular weight excluding hydrogens is 431 g/mol. The highest BCUT2D eigenvalue weighted by Gasteiger charge is 2.24. The normalized spacial score (nSPS) is 14.4. The van der Waals surface area contributed by atoms with Crippen LogP contribution in [-0.2, 0) is 16.7 Å². The first-order valence-corrected chi connectivity index (χ1v) is 10.6. The molecule has 1 aliphatic heterocycles. The Labute approximate surface area is 171 Å². The largest absolute Gasteiger partial charge is 0.336 e. The minimum absolute atomic E-state index is 0.00287. The standard InChI is InChI=1S/C15H14Cl2N4O2.CH4O3S/c16-10-5-8-12(22)3-1-2-4-21-11(15(23)19-7-20-18)6-9(13(10)17)14(8)21;1-5(2,3)4/h5-7H,1-4,18H2,(H,19,20,23);1H3,(H,2,3,4). The second-order valence-corrected chi connectivity index (χ2v) is 8.28. The number of hydrazone groups is 1. The van der Waals surface area contributed by atoms with Crippen molar-refractivity contribution in [2.24, 2.45) is 10.9 Å². The highest BCUT2D eigenvalue weighted by molar-refractivity contribution is 7.85. The van der Waals surface area contributed by atoms with E-state index in [1.165, 1.54) is 0 Å². The highest BCUT2D eigenvalue weighted by atomic mass is 35.5. The Morgan fingerprint density at radius 1 is 1.36 bits per heavy atom. The van der Waals surface area contributed by atoms with E-state index in [-0.39, 0.29) is 11.7 Å². The molecular formula is C16H18Cl2N4O5S. The summed E-state index contributed by atoms with van der Waals surface area (Å²) in [6.07, 6.45) is 3.83. The number of nitrogens with two attached hydrogens (primary N) is 1. The molecule has 0 bridgehead atoms. The zero-order chi connectivity index (χ0) is 21.1. The number of rotatable bonds is 2. The quantitative estimate of drug-likeness (QED) is 0.211. The molecule has 0 fully saturated rings. The fourth-order valence-corrected chi connectivity index (χ4v) is 3.30. The third-order valence-electron chi connectivity index (χ3n) is 3.91. The Balaban J connectivity index is 0.000000500. The smallest absolute Gasteiger partial charge is 0.273 e. The third-order valence-corrected chi connectivity index (χ3v) is 4.71. The van der Waals surface area contributed by atoms with Crippen LogP contribution in [-0.4, -0.2) is 41.8 Å². The van der Waals surface area contributed by atoms with Gasteiger partial charge < -0.3 is 15.7 Å². The summed E-state index contributed by atoms with van der Waals surface area (Å²) in [7, 11) is -3.67. The van der Waals surface area contributed by atoms with Gasteiger partial charge in [-0.2, -0.15) is 13.5 Å². The van der Waals surface area contributed by atoms with Gasteiger partial charge in [-0.3, -0.25) is 14.1 Å². The van der Waals surface area contributed by atoms with Crippen LogP contribution in [0.4, 0.5) is 0 Å². The second-order valence-electron chi connectivity index (χ2n) is 6.03. The predicted octanol–water partition coefficient (Wildman–Crippen LogP) is 2.45. The van der Waals surface area contributed by atoms with Crippen molar-refractivity contribution in [2.75, 3.05) is 6.26 Å². The first-order chi connectivity index (χ1) is 13.0. The molecule has 1 aromatic carbocycles. The third kappa shape index (κ3) is 5.22. The minimum atomic E-state index is -3.67. The number of hydrogen-bond donors (Lipinski definition) is 3. The van der Waals surface area contributed by atoms with Gasteiger partial charge in [-0.1, -0.05) is 23.2 Å². The number of aromatic nitrogens is 1. The summed E-state index contributed by atoms with van der Waals surface area (Å²) >= 11 is 12.4. The second kappa shape index (κ2) is 8.91.